The van der Waals surface area contributed by atoms with Crippen molar-refractivity contribution in [2.45, 2.75) is 0 Å². The fourth-order valence-electron chi connectivity index (χ4n) is 2.76. The van der Waals surface area contributed by atoms with Crippen LogP contribution in [0.1, 0.15) is 0 Å². The molecule has 0 atom stereocenters. The molecule has 0 saturated heterocycles. The number of hydrogen-bond donors (Lipinski definition) is 0. The Balaban J connectivity index is 1.88. The van der Waals surface area contributed by atoms with Gasteiger partial charge in [0.05, 0.1) is 5.69 Å². The van der Waals surface area contributed by atoms with E-state index in [2.05, 4.69) is 0 Å². The molecule has 1 aromatic heterocycles. The number of hydrogen-bond acceptors (Lipinski definition) is 2. The van der Waals surface area contributed by atoms with Gasteiger partial charge in [0.1, 0.15) is 11.8 Å². The van der Waals surface area contributed by atoms with Crippen molar-refractivity contribution in [1.29, 1.82) is 0 Å². The van der Waals surface area contributed by atoms with E-state index >= 15 is 0 Å². The first-order valence-corrected chi connectivity index (χ1v) is 7.54. The molecule has 3 nitrogen and oxygen atoms in total. The zero-order valence-corrected chi connectivity index (χ0v) is 12.8. The maximum Gasteiger partial charge on any atom is 0.218 e. The van der Waals surface area contributed by atoms with E-state index in [0.717, 1.165) is 28.3 Å². The Morgan fingerprint density at radius 2 is 1.78 bits per heavy atom. The lowest BCUT2D eigenvalue weighted by Crippen LogP contribution is -2.13. The first-order valence-electron chi connectivity index (χ1n) is 7.16. The molecule has 112 valence electrons. The number of carbonyl (C=O) groups is 1. The number of benzene rings is 3. The number of amides is 1. The van der Waals surface area contributed by atoms with Gasteiger partial charge in [-0.2, -0.15) is 0 Å². The normalized spacial score (nSPS) is 11.0. The van der Waals surface area contributed by atoms with Crippen LogP contribution in [-0.2, 0) is 4.79 Å². The van der Waals surface area contributed by atoms with Crippen molar-refractivity contribution in [2.24, 2.45) is 0 Å². The summed E-state index contributed by atoms with van der Waals surface area (Å²) in [5.74, 6) is 0. The molecule has 0 unspecified atom stereocenters. The molecular formula is C19H12ClNO2. The Labute approximate surface area is 137 Å². The molecular weight excluding hydrogens is 310 g/mol. The molecule has 0 aliphatic carbocycles. The zero-order valence-electron chi connectivity index (χ0n) is 12.1. The zero-order chi connectivity index (χ0) is 15.8. The van der Waals surface area contributed by atoms with E-state index in [1.54, 1.807) is 29.4 Å². The Hall–Kier alpha value is -2.78. The van der Waals surface area contributed by atoms with Gasteiger partial charge < -0.3 is 4.42 Å². The standard InChI is InChI=1S/C19H12ClNO2/c20-15-6-8-19-17(10-15)18(11-23-19)21(12-22)16-7-5-13-3-1-2-4-14(13)9-16/h1-12H. The molecule has 4 heteroatoms. The summed E-state index contributed by atoms with van der Waals surface area (Å²) >= 11 is 6.07. The Morgan fingerprint density at radius 3 is 2.61 bits per heavy atom. The fourth-order valence-corrected chi connectivity index (χ4v) is 2.93. The van der Waals surface area contributed by atoms with Crippen LogP contribution in [0, 0.1) is 0 Å². The highest BCUT2D eigenvalue weighted by Crippen LogP contribution is 2.35. The van der Waals surface area contributed by atoms with E-state index in [1.165, 1.54) is 0 Å². The lowest BCUT2D eigenvalue weighted by Gasteiger charge is -2.16. The molecule has 0 N–H and O–H groups in total. The summed E-state index contributed by atoms with van der Waals surface area (Å²) in [6.07, 6.45) is 2.36. The fraction of sp³-hybridized carbons (Fsp3) is 0. The van der Waals surface area contributed by atoms with Crippen LogP contribution < -0.4 is 4.90 Å². The van der Waals surface area contributed by atoms with Crippen LogP contribution in [0.4, 0.5) is 11.4 Å². The minimum Gasteiger partial charge on any atom is -0.462 e. The summed E-state index contributed by atoms with van der Waals surface area (Å²) in [6, 6.07) is 19.3. The second kappa shape index (κ2) is 5.45. The Bertz CT molecular complexity index is 1020. The SMILES string of the molecule is O=CN(c1ccc2ccccc2c1)c1coc2ccc(Cl)cc12. The van der Waals surface area contributed by atoms with Gasteiger partial charge >= 0.3 is 0 Å². The summed E-state index contributed by atoms with van der Waals surface area (Å²) < 4.78 is 5.54. The van der Waals surface area contributed by atoms with Crippen molar-refractivity contribution in [3.8, 4) is 0 Å². The minimum absolute atomic E-state index is 0.601. The molecule has 4 aromatic rings. The Kier molecular flexibility index (Phi) is 3.28. The number of halogens is 1. The second-order valence-electron chi connectivity index (χ2n) is 5.27. The van der Waals surface area contributed by atoms with E-state index in [9.17, 15) is 4.79 Å². The lowest BCUT2D eigenvalue weighted by atomic mass is 10.1. The van der Waals surface area contributed by atoms with Crippen LogP contribution in [-0.4, -0.2) is 6.41 Å². The van der Waals surface area contributed by atoms with Gasteiger partial charge in [0.2, 0.25) is 6.41 Å². The van der Waals surface area contributed by atoms with E-state index in [1.807, 2.05) is 42.5 Å². The number of nitrogens with zero attached hydrogens (tertiary/aromatic N) is 1. The predicted octanol–water partition coefficient (Wildman–Crippen LogP) is 5.53. The Morgan fingerprint density at radius 1 is 0.957 bits per heavy atom. The van der Waals surface area contributed by atoms with Gasteiger partial charge in [-0.3, -0.25) is 9.69 Å². The van der Waals surface area contributed by atoms with E-state index in [0.29, 0.717) is 16.3 Å². The maximum atomic E-state index is 11.7. The summed E-state index contributed by atoms with van der Waals surface area (Å²) in [5.41, 5.74) is 2.14. The van der Waals surface area contributed by atoms with Gasteiger partial charge in [-0.25, -0.2) is 0 Å². The molecule has 4 rings (SSSR count). The third-order valence-corrected chi connectivity index (χ3v) is 4.13. The van der Waals surface area contributed by atoms with Gasteiger partial charge in [-0.05, 0) is 41.1 Å². The van der Waals surface area contributed by atoms with Gasteiger partial charge in [-0.15, -0.1) is 0 Å². The second-order valence-corrected chi connectivity index (χ2v) is 5.70. The average molecular weight is 322 g/mol. The molecule has 0 bridgehead atoms. The van der Waals surface area contributed by atoms with Crippen molar-refractivity contribution in [2.75, 3.05) is 4.90 Å². The molecule has 0 spiro atoms. The number of carbonyl (C=O) groups excluding carboxylic acids is 1. The first kappa shape index (κ1) is 13.9. The number of furan rings is 1. The van der Waals surface area contributed by atoms with Gasteiger partial charge in [-0.1, -0.05) is 41.9 Å². The van der Waals surface area contributed by atoms with E-state index < -0.39 is 0 Å². The molecule has 23 heavy (non-hydrogen) atoms. The monoisotopic (exact) mass is 321 g/mol. The predicted molar refractivity (Wildman–Crippen MR) is 93.4 cm³/mol. The quantitative estimate of drug-likeness (QED) is 0.464. The minimum atomic E-state index is 0.601. The van der Waals surface area contributed by atoms with Crippen LogP contribution in [0.2, 0.25) is 5.02 Å². The van der Waals surface area contributed by atoms with Crippen LogP contribution >= 0.6 is 11.6 Å². The number of rotatable bonds is 3. The summed E-state index contributed by atoms with van der Waals surface area (Å²) in [7, 11) is 0. The highest BCUT2D eigenvalue weighted by atomic mass is 35.5. The van der Waals surface area contributed by atoms with Gasteiger partial charge in [0, 0.05) is 16.1 Å². The third kappa shape index (κ3) is 2.35. The highest BCUT2D eigenvalue weighted by molar-refractivity contribution is 6.31. The first-order chi connectivity index (χ1) is 11.3. The maximum absolute atomic E-state index is 11.7. The van der Waals surface area contributed by atoms with Gasteiger partial charge in [0.25, 0.3) is 0 Å². The molecule has 0 fully saturated rings. The summed E-state index contributed by atoms with van der Waals surface area (Å²) in [4.78, 5) is 13.3. The van der Waals surface area contributed by atoms with E-state index in [4.69, 9.17) is 16.0 Å². The molecule has 1 heterocycles. The smallest absolute Gasteiger partial charge is 0.218 e. The molecule has 0 radical (unpaired) electrons. The average Bonchev–Trinajstić information content (AvgIpc) is 2.98. The lowest BCUT2D eigenvalue weighted by molar-refractivity contribution is -0.106. The largest absolute Gasteiger partial charge is 0.462 e. The van der Waals surface area contributed by atoms with E-state index in [-0.39, 0.29) is 0 Å². The van der Waals surface area contributed by atoms with Crippen LogP contribution in [0.25, 0.3) is 21.7 Å². The van der Waals surface area contributed by atoms with Crippen molar-refractivity contribution >= 4 is 51.1 Å². The molecule has 3 aromatic carbocycles. The molecule has 1 amide bonds. The number of anilines is 2. The molecule has 0 saturated carbocycles. The van der Waals surface area contributed by atoms with Crippen molar-refractivity contribution in [3.63, 3.8) is 0 Å². The van der Waals surface area contributed by atoms with Crippen LogP contribution in [0.5, 0.6) is 0 Å². The van der Waals surface area contributed by atoms with Gasteiger partial charge in [0.15, 0.2) is 0 Å². The molecule has 0 aliphatic heterocycles. The summed E-state index contributed by atoms with van der Waals surface area (Å²) in [5, 5.41) is 3.60. The topological polar surface area (TPSA) is 33.5 Å². The van der Waals surface area contributed by atoms with Crippen molar-refractivity contribution in [1.82, 2.24) is 0 Å². The number of fused-ring (bicyclic) bond motifs is 2. The molecule has 0 aliphatic rings. The van der Waals surface area contributed by atoms with Crippen molar-refractivity contribution in [3.05, 3.63) is 71.9 Å². The van der Waals surface area contributed by atoms with Crippen LogP contribution in [0.15, 0.2) is 71.3 Å². The third-order valence-electron chi connectivity index (χ3n) is 3.89. The van der Waals surface area contributed by atoms with Crippen LogP contribution in [0.3, 0.4) is 0 Å². The summed E-state index contributed by atoms with van der Waals surface area (Å²) in [6.45, 7) is 0. The van der Waals surface area contributed by atoms with Crippen molar-refractivity contribution < 1.29 is 9.21 Å². The highest BCUT2D eigenvalue weighted by Gasteiger charge is 2.15.